The van der Waals surface area contributed by atoms with E-state index < -0.39 is 26.7 Å². The van der Waals surface area contributed by atoms with E-state index in [2.05, 4.69) is 85.0 Å². The quantitative estimate of drug-likeness (QED) is 0.145. The van der Waals surface area contributed by atoms with Gasteiger partial charge in [0.15, 0.2) is 0 Å². The molecule has 0 heterocycles. The second-order valence-electron chi connectivity index (χ2n) is 12.2. The van der Waals surface area contributed by atoms with Crippen molar-refractivity contribution < 1.29 is 9.16 Å². The molecule has 0 amide bonds. The molecule has 0 aliphatic heterocycles. The van der Waals surface area contributed by atoms with Gasteiger partial charge in [0.05, 0.1) is 0 Å². The molecule has 1 aromatic rings. The van der Waals surface area contributed by atoms with Gasteiger partial charge in [-0.25, -0.2) is 0 Å². The molecular formula is C31H58O2SiSn. The van der Waals surface area contributed by atoms with Gasteiger partial charge in [-0.2, -0.15) is 0 Å². The maximum atomic E-state index is 6.94. The van der Waals surface area contributed by atoms with E-state index >= 15 is 0 Å². The van der Waals surface area contributed by atoms with Gasteiger partial charge in [-0.05, 0) is 0 Å². The molecule has 0 aliphatic rings. The van der Waals surface area contributed by atoms with Crippen molar-refractivity contribution in [3.63, 3.8) is 0 Å². The van der Waals surface area contributed by atoms with E-state index in [4.69, 9.17) is 15.7 Å². The molecule has 0 unspecified atom stereocenters. The summed E-state index contributed by atoms with van der Waals surface area (Å²) >= 11 is -2.40. The van der Waals surface area contributed by atoms with E-state index in [1.807, 2.05) is 0 Å². The van der Waals surface area contributed by atoms with E-state index in [-0.39, 0.29) is 11.1 Å². The Balaban J connectivity index is 2.96. The molecule has 0 fully saturated rings. The molecule has 0 saturated carbocycles. The molecule has 4 heteroatoms. The summed E-state index contributed by atoms with van der Waals surface area (Å²) < 4.78 is 19.4. The molecule has 1 rings (SSSR count). The monoisotopic (exact) mass is 610 g/mol. The van der Waals surface area contributed by atoms with E-state index in [1.54, 1.807) is 3.59 Å². The summed E-state index contributed by atoms with van der Waals surface area (Å²) in [4.78, 5) is 0. The van der Waals surface area contributed by atoms with Crippen LogP contribution in [0.2, 0.25) is 31.4 Å². The first-order valence-corrected chi connectivity index (χ1v) is 24.9. The van der Waals surface area contributed by atoms with Crippen LogP contribution in [0.1, 0.15) is 98.5 Å². The van der Waals surface area contributed by atoms with Crippen molar-refractivity contribution in [2.75, 3.05) is 6.61 Å². The molecule has 0 aromatic heterocycles. The second kappa shape index (κ2) is 16.7. The van der Waals surface area contributed by atoms with Crippen LogP contribution in [-0.4, -0.2) is 39.4 Å². The van der Waals surface area contributed by atoms with Crippen LogP contribution in [-0.2, 0) is 15.8 Å². The molecule has 0 N–H and O–H groups in total. The standard InChI is InChI=1S/C19H31O2Si.3C4H9.Sn/c1-7-8-14-18(21-22(5,6)19(2,3)4)16-20-15-17-12-10-9-11-13-17;3*1-3-4-2;/h9-13,18H,1,8,14-16H2,2-6H3;3*1,3-4H2,2H3;/t18-;;;;/m0..../s1. The zero-order valence-electron chi connectivity index (χ0n) is 24.7. The Labute approximate surface area is 224 Å². The molecule has 202 valence electrons. The third-order valence-corrected chi connectivity index (χ3v) is 29.0. The summed E-state index contributed by atoms with van der Waals surface area (Å²) in [6, 6.07) is 10.5. The van der Waals surface area contributed by atoms with Crippen molar-refractivity contribution in [2.45, 2.75) is 137 Å². The summed E-state index contributed by atoms with van der Waals surface area (Å²) in [5.41, 5.74) is 1.23. The fourth-order valence-electron chi connectivity index (χ4n) is 4.70. The Hall–Kier alpha value is -0.104. The minimum absolute atomic E-state index is 0.156. The average Bonchev–Trinajstić information content (AvgIpc) is 2.81. The molecule has 0 aliphatic carbocycles. The number of rotatable bonds is 19. The predicted molar refractivity (Wildman–Crippen MR) is 161 cm³/mol. The Morgan fingerprint density at radius 2 is 1.43 bits per heavy atom. The predicted octanol–water partition coefficient (Wildman–Crippen LogP) is 10.3. The van der Waals surface area contributed by atoms with Gasteiger partial charge in [-0.1, -0.05) is 0 Å². The van der Waals surface area contributed by atoms with Crippen LogP contribution in [0.25, 0.3) is 0 Å². The first kappa shape index (κ1) is 32.9. The van der Waals surface area contributed by atoms with E-state index in [1.165, 1.54) is 57.4 Å². The van der Waals surface area contributed by atoms with E-state index in [9.17, 15) is 0 Å². The second-order valence-corrected chi connectivity index (χ2v) is 30.6. The van der Waals surface area contributed by atoms with Crippen LogP contribution in [0.15, 0.2) is 40.5 Å². The number of benzene rings is 1. The minimum atomic E-state index is -2.40. The van der Waals surface area contributed by atoms with Gasteiger partial charge in [0.2, 0.25) is 0 Å². The van der Waals surface area contributed by atoms with E-state index in [0.29, 0.717) is 13.2 Å². The first-order valence-electron chi connectivity index (χ1n) is 14.5. The SMILES string of the molecule is C=[C](CC[C@@H](COCc1ccccc1)O[Si](C)(C)C(C)(C)C)[Sn]([CH2]CCC)([CH2]CCC)[CH2]CCC. The van der Waals surface area contributed by atoms with Gasteiger partial charge < -0.3 is 0 Å². The normalized spacial score (nSPS) is 13.7. The molecule has 1 aromatic carbocycles. The Bertz CT molecular complexity index is 674. The van der Waals surface area contributed by atoms with Crippen molar-refractivity contribution in [2.24, 2.45) is 0 Å². The van der Waals surface area contributed by atoms with Crippen molar-refractivity contribution in [1.29, 1.82) is 0 Å². The van der Waals surface area contributed by atoms with Crippen LogP contribution in [0.5, 0.6) is 0 Å². The van der Waals surface area contributed by atoms with Crippen LogP contribution in [0.4, 0.5) is 0 Å². The summed E-state index contributed by atoms with van der Waals surface area (Å²) in [6.07, 6.45) is 10.5. The molecule has 2 nitrogen and oxygen atoms in total. The van der Waals surface area contributed by atoms with Gasteiger partial charge >= 0.3 is 226 Å². The van der Waals surface area contributed by atoms with Crippen molar-refractivity contribution in [3.8, 4) is 0 Å². The van der Waals surface area contributed by atoms with Crippen LogP contribution in [0, 0.1) is 0 Å². The molecule has 0 bridgehead atoms. The molecule has 35 heavy (non-hydrogen) atoms. The zero-order valence-corrected chi connectivity index (χ0v) is 28.5. The number of unbranched alkanes of at least 4 members (excludes halogenated alkanes) is 3. The summed E-state index contributed by atoms with van der Waals surface area (Å²) in [5.74, 6) is 0. The van der Waals surface area contributed by atoms with Crippen LogP contribution >= 0.6 is 0 Å². The van der Waals surface area contributed by atoms with Crippen molar-refractivity contribution in [1.82, 2.24) is 0 Å². The Kier molecular flexibility index (Phi) is 15.7. The maximum absolute atomic E-state index is 6.94. The molecule has 0 saturated heterocycles. The van der Waals surface area contributed by atoms with Gasteiger partial charge in [-0.3, -0.25) is 0 Å². The third-order valence-electron chi connectivity index (χ3n) is 8.23. The fourth-order valence-corrected chi connectivity index (χ4v) is 22.0. The summed E-state index contributed by atoms with van der Waals surface area (Å²) in [7, 11) is -1.87. The number of hydrogen-bond donors (Lipinski definition) is 0. The molecule has 0 radical (unpaired) electrons. The summed E-state index contributed by atoms with van der Waals surface area (Å²) in [5, 5.41) is 0.202. The van der Waals surface area contributed by atoms with Crippen LogP contribution < -0.4 is 0 Å². The Morgan fingerprint density at radius 1 is 0.914 bits per heavy atom. The molecule has 0 spiro atoms. The van der Waals surface area contributed by atoms with Gasteiger partial charge in [0.1, 0.15) is 0 Å². The molecule has 1 atom stereocenters. The van der Waals surface area contributed by atoms with Gasteiger partial charge in [-0.15, -0.1) is 0 Å². The summed E-state index contributed by atoms with van der Waals surface area (Å²) in [6.45, 7) is 25.0. The van der Waals surface area contributed by atoms with Crippen molar-refractivity contribution in [3.05, 3.63) is 46.1 Å². The number of allylic oxidation sites excluding steroid dienone is 1. The van der Waals surface area contributed by atoms with Crippen molar-refractivity contribution >= 4 is 26.7 Å². The number of ether oxygens (including phenoxy) is 1. The third kappa shape index (κ3) is 11.9. The van der Waals surface area contributed by atoms with Gasteiger partial charge in [0.25, 0.3) is 0 Å². The molecular weight excluding hydrogens is 551 g/mol. The fraction of sp³-hybridized carbons (Fsp3) is 0.742. The number of hydrogen-bond acceptors (Lipinski definition) is 2. The first-order chi connectivity index (χ1) is 16.5. The topological polar surface area (TPSA) is 18.5 Å². The van der Waals surface area contributed by atoms with Gasteiger partial charge in [0, 0.05) is 0 Å². The van der Waals surface area contributed by atoms with E-state index in [0.717, 1.165) is 12.8 Å². The average molecular weight is 610 g/mol. The van der Waals surface area contributed by atoms with Crippen LogP contribution in [0.3, 0.4) is 0 Å². The Morgan fingerprint density at radius 3 is 1.89 bits per heavy atom. The zero-order chi connectivity index (χ0) is 26.4.